The van der Waals surface area contributed by atoms with E-state index in [1.54, 1.807) is 14.1 Å². The normalized spacial score (nSPS) is 25.4. The molecule has 1 unspecified atom stereocenters. The molecule has 0 spiro atoms. The average Bonchev–Trinajstić information content (AvgIpc) is 2.41. The molecule has 1 saturated heterocycles. The Morgan fingerprint density at radius 1 is 1.57 bits per heavy atom. The van der Waals surface area contributed by atoms with Crippen molar-refractivity contribution in [2.24, 2.45) is 0 Å². The fourth-order valence-corrected chi connectivity index (χ4v) is 1.59. The molecule has 1 aliphatic rings. The van der Waals surface area contributed by atoms with Crippen LogP contribution in [0.4, 0.5) is 8.78 Å². The van der Waals surface area contributed by atoms with Crippen LogP contribution in [0.15, 0.2) is 0 Å². The predicted octanol–water partition coefficient (Wildman–Crippen LogP) is -0.381. The Balaban J connectivity index is 2.63. The van der Waals surface area contributed by atoms with E-state index >= 15 is 0 Å². The molecule has 1 fully saturated rings. The molecule has 1 aliphatic heterocycles. The monoisotopic (exact) mass is 207 g/mol. The standard InChI is InChI=1S/C8H15F2N3O/c1-11-4-7(14)13-5-8(9,10)3-6(13)12-2/h6,11-12H,3-5H2,1-2H3. The van der Waals surface area contributed by atoms with Gasteiger partial charge in [0, 0.05) is 6.42 Å². The molecule has 6 heteroatoms. The van der Waals surface area contributed by atoms with E-state index in [1.165, 1.54) is 4.90 Å². The molecule has 1 rings (SSSR count). The minimum Gasteiger partial charge on any atom is -0.320 e. The lowest BCUT2D eigenvalue weighted by atomic mass is 10.3. The lowest BCUT2D eigenvalue weighted by Crippen LogP contribution is -2.46. The Morgan fingerprint density at radius 2 is 2.21 bits per heavy atom. The molecule has 82 valence electrons. The maximum absolute atomic E-state index is 13.0. The van der Waals surface area contributed by atoms with Crippen LogP contribution in [0.25, 0.3) is 0 Å². The van der Waals surface area contributed by atoms with Crippen molar-refractivity contribution in [2.45, 2.75) is 18.5 Å². The number of hydrogen-bond donors (Lipinski definition) is 2. The molecule has 0 saturated carbocycles. The van der Waals surface area contributed by atoms with Gasteiger partial charge in [0.25, 0.3) is 5.92 Å². The number of likely N-dealkylation sites (tertiary alicyclic amines) is 1. The molecule has 0 aliphatic carbocycles. The molecule has 1 atom stereocenters. The minimum atomic E-state index is -2.77. The average molecular weight is 207 g/mol. The van der Waals surface area contributed by atoms with Gasteiger partial charge in [0.1, 0.15) is 0 Å². The van der Waals surface area contributed by atoms with Crippen molar-refractivity contribution in [3.63, 3.8) is 0 Å². The van der Waals surface area contributed by atoms with E-state index in [0.717, 1.165) is 0 Å². The lowest BCUT2D eigenvalue weighted by molar-refractivity contribution is -0.132. The summed E-state index contributed by atoms with van der Waals surface area (Å²) in [6.45, 7) is -0.396. The van der Waals surface area contributed by atoms with Crippen molar-refractivity contribution < 1.29 is 13.6 Å². The Morgan fingerprint density at radius 3 is 2.71 bits per heavy atom. The van der Waals surface area contributed by atoms with Crippen LogP contribution in [-0.2, 0) is 4.79 Å². The summed E-state index contributed by atoms with van der Waals surface area (Å²) in [5.74, 6) is -3.07. The summed E-state index contributed by atoms with van der Waals surface area (Å²) in [4.78, 5) is 12.6. The zero-order valence-corrected chi connectivity index (χ0v) is 8.31. The smallest absolute Gasteiger partial charge is 0.268 e. The highest BCUT2D eigenvalue weighted by molar-refractivity contribution is 5.79. The quantitative estimate of drug-likeness (QED) is 0.663. The predicted molar refractivity (Wildman–Crippen MR) is 48.1 cm³/mol. The molecule has 1 amide bonds. The number of carbonyl (C=O) groups is 1. The summed E-state index contributed by atoms with van der Waals surface area (Å²) in [7, 11) is 3.19. The number of hydrogen-bond acceptors (Lipinski definition) is 3. The van der Waals surface area contributed by atoms with E-state index in [1.807, 2.05) is 0 Å². The number of rotatable bonds is 3. The highest BCUT2D eigenvalue weighted by Crippen LogP contribution is 2.30. The van der Waals surface area contributed by atoms with E-state index in [-0.39, 0.29) is 18.9 Å². The van der Waals surface area contributed by atoms with Crippen molar-refractivity contribution in [1.29, 1.82) is 0 Å². The summed E-state index contributed by atoms with van der Waals surface area (Å²) >= 11 is 0. The largest absolute Gasteiger partial charge is 0.320 e. The van der Waals surface area contributed by atoms with Crippen LogP contribution in [0.5, 0.6) is 0 Å². The second kappa shape index (κ2) is 4.18. The molecule has 1 heterocycles. The topological polar surface area (TPSA) is 44.4 Å². The second-order valence-electron chi connectivity index (χ2n) is 3.42. The van der Waals surface area contributed by atoms with Crippen molar-refractivity contribution in [3.8, 4) is 0 Å². The summed E-state index contributed by atoms with van der Waals surface area (Å²) < 4.78 is 26.0. The first-order valence-electron chi connectivity index (χ1n) is 4.49. The van der Waals surface area contributed by atoms with E-state index in [4.69, 9.17) is 0 Å². The molecular weight excluding hydrogens is 192 g/mol. The van der Waals surface area contributed by atoms with Gasteiger partial charge in [-0.05, 0) is 14.1 Å². The molecule has 0 aromatic carbocycles. The molecule has 0 radical (unpaired) electrons. The highest BCUT2D eigenvalue weighted by atomic mass is 19.3. The number of amides is 1. The van der Waals surface area contributed by atoms with Crippen LogP contribution >= 0.6 is 0 Å². The first-order valence-corrected chi connectivity index (χ1v) is 4.49. The van der Waals surface area contributed by atoms with Crippen LogP contribution in [-0.4, -0.2) is 50.1 Å². The molecular formula is C8H15F2N3O. The Kier molecular flexibility index (Phi) is 3.38. The van der Waals surface area contributed by atoms with Gasteiger partial charge in [-0.3, -0.25) is 4.79 Å². The van der Waals surface area contributed by atoms with Crippen molar-refractivity contribution in [2.75, 3.05) is 27.2 Å². The van der Waals surface area contributed by atoms with E-state index in [0.29, 0.717) is 0 Å². The van der Waals surface area contributed by atoms with Crippen LogP contribution in [0, 0.1) is 0 Å². The van der Waals surface area contributed by atoms with Gasteiger partial charge in [0.15, 0.2) is 0 Å². The van der Waals surface area contributed by atoms with Gasteiger partial charge >= 0.3 is 0 Å². The Hall–Kier alpha value is -0.750. The fourth-order valence-electron chi connectivity index (χ4n) is 1.59. The second-order valence-corrected chi connectivity index (χ2v) is 3.42. The number of nitrogens with one attached hydrogen (secondary N) is 2. The fraction of sp³-hybridized carbons (Fsp3) is 0.875. The van der Waals surface area contributed by atoms with Gasteiger partial charge in [-0.15, -0.1) is 0 Å². The highest BCUT2D eigenvalue weighted by Gasteiger charge is 2.46. The third kappa shape index (κ3) is 2.39. The van der Waals surface area contributed by atoms with Gasteiger partial charge in [-0.2, -0.15) is 0 Å². The van der Waals surface area contributed by atoms with Crippen molar-refractivity contribution in [1.82, 2.24) is 15.5 Å². The number of alkyl halides is 2. The van der Waals surface area contributed by atoms with E-state index in [2.05, 4.69) is 10.6 Å². The summed E-state index contributed by atoms with van der Waals surface area (Å²) in [5, 5.41) is 5.36. The number of carbonyl (C=O) groups excluding carboxylic acids is 1. The number of likely N-dealkylation sites (N-methyl/N-ethyl adjacent to an activating group) is 1. The molecule has 0 aromatic rings. The first kappa shape index (κ1) is 11.3. The van der Waals surface area contributed by atoms with Crippen LogP contribution in [0.3, 0.4) is 0 Å². The Bertz CT molecular complexity index is 223. The maximum Gasteiger partial charge on any atom is 0.268 e. The number of halogens is 2. The molecule has 14 heavy (non-hydrogen) atoms. The minimum absolute atomic E-state index is 0.0915. The van der Waals surface area contributed by atoms with Gasteiger partial charge in [0.2, 0.25) is 5.91 Å². The SMILES string of the molecule is CNCC(=O)N1CC(F)(F)CC1NC. The molecule has 0 bridgehead atoms. The Labute approximate surface area is 81.6 Å². The van der Waals surface area contributed by atoms with Crippen LogP contribution < -0.4 is 10.6 Å². The van der Waals surface area contributed by atoms with E-state index < -0.39 is 18.6 Å². The van der Waals surface area contributed by atoms with Crippen molar-refractivity contribution >= 4 is 5.91 Å². The molecule has 4 nitrogen and oxygen atoms in total. The van der Waals surface area contributed by atoms with Gasteiger partial charge in [0.05, 0.1) is 19.3 Å². The summed E-state index contributed by atoms with van der Waals surface area (Å²) in [6, 6.07) is 0. The summed E-state index contributed by atoms with van der Waals surface area (Å²) in [5.41, 5.74) is 0. The lowest BCUT2D eigenvalue weighted by Gasteiger charge is -2.23. The van der Waals surface area contributed by atoms with Crippen LogP contribution in [0.2, 0.25) is 0 Å². The maximum atomic E-state index is 13.0. The number of nitrogens with zero attached hydrogens (tertiary/aromatic N) is 1. The zero-order valence-electron chi connectivity index (χ0n) is 8.31. The zero-order chi connectivity index (χ0) is 10.8. The van der Waals surface area contributed by atoms with Gasteiger partial charge in [-0.1, -0.05) is 0 Å². The van der Waals surface area contributed by atoms with Crippen molar-refractivity contribution in [3.05, 3.63) is 0 Å². The van der Waals surface area contributed by atoms with Gasteiger partial charge < -0.3 is 15.5 Å². The molecule has 2 N–H and O–H groups in total. The van der Waals surface area contributed by atoms with Gasteiger partial charge in [-0.25, -0.2) is 8.78 Å². The van der Waals surface area contributed by atoms with Crippen LogP contribution in [0.1, 0.15) is 6.42 Å². The summed E-state index contributed by atoms with van der Waals surface area (Å²) in [6.07, 6.45) is -0.857. The third-order valence-electron chi connectivity index (χ3n) is 2.25. The first-order chi connectivity index (χ1) is 6.50. The molecule has 0 aromatic heterocycles. The third-order valence-corrected chi connectivity index (χ3v) is 2.25. The van der Waals surface area contributed by atoms with E-state index in [9.17, 15) is 13.6 Å².